The Bertz CT molecular complexity index is 798. The van der Waals surface area contributed by atoms with Crippen molar-refractivity contribution in [1.29, 1.82) is 0 Å². The topological polar surface area (TPSA) is 53.1 Å². The second kappa shape index (κ2) is 5.10. The number of imidazole rings is 1. The van der Waals surface area contributed by atoms with Gasteiger partial charge in [-0.2, -0.15) is 0 Å². The molecule has 0 atom stereocenters. The molecule has 1 heterocycles. The summed E-state index contributed by atoms with van der Waals surface area (Å²) in [6.45, 7) is 0. The van der Waals surface area contributed by atoms with Crippen molar-refractivity contribution in [2.45, 2.75) is 0 Å². The molecule has 0 saturated carbocycles. The summed E-state index contributed by atoms with van der Waals surface area (Å²) in [5, 5.41) is 0. The zero-order chi connectivity index (χ0) is 14.3. The van der Waals surface area contributed by atoms with Crippen LogP contribution < -0.4 is 10.5 Å². The fraction of sp³-hybridized carbons (Fsp3) is 0.0714. The molecule has 6 heteroatoms. The molecule has 0 saturated heterocycles. The van der Waals surface area contributed by atoms with Gasteiger partial charge in [0.2, 0.25) is 5.95 Å². The van der Waals surface area contributed by atoms with E-state index < -0.39 is 0 Å². The maximum Gasteiger partial charge on any atom is 0.205 e. The number of hydrogen-bond acceptors (Lipinski definition) is 3. The molecule has 2 aromatic carbocycles. The fourth-order valence-electron chi connectivity index (χ4n) is 2.13. The molecule has 0 aliphatic carbocycles. The molecule has 0 spiro atoms. The van der Waals surface area contributed by atoms with Crippen molar-refractivity contribution < 1.29 is 4.74 Å². The average Bonchev–Trinajstić information content (AvgIpc) is 2.75. The molecule has 0 radical (unpaired) electrons. The van der Waals surface area contributed by atoms with Gasteiger partial charge in [0.15, 0.2) is 0 Å². The van der Waals surface area contributed by atoms with Gasteiger partial charge in [0.1, 0.15) is 5.75 Å². The molecule has 1 aromatic heterocycles. The third kappa shape index (κ3) is 2.19. The van der Waals surface area contributed by atoms with Gasteiger partial charge in [-0.25, -0.2) is 4.98 Å². The molecule has 3 aromatic rings. The monoisotopic (exact) mass is 395 g/mol. The summed E-state index contributed by atoms with van der Waals surface area (Å²) in [6, 6.07) is 11.7. The number of ether oxygens (including phenoxy) is 1. The number of aromatic nitrogens is 2. The molecule has 3 rings (SSSR count). The van der Waals surface area contributed by atoms with Crippen molar-refractivity contribution in [2.75, 3.05) is 12.8 Å². The lowest BCUT2D eigenvalue weighted by Gasteiger charge is -2.10. The van der Waals surface area contributed by atoms with Crippen LogP contribution in [0.25, 0.3) is 16.7 Å². The molecular formula is C14H11Br2N3O. The predicted octanol–water partition coefficient (Wildman–Crippen LogP) is 4.14. The van der Waals surface area contributed by atoms with E-state index in [4.69, 9.17) is 10.5 Å². The summed E-state index contributed by atoms with van der Waals surface area (Å²) >= 11 is 6.92. The van der Waals surface area contributed by atoms with Crippen molar-refractivity contribution in [2.24, 2.45) is 0 Å². The number of anilines is 1. The molecule has 0 bridgehead atoms. The molecule has 20 heavy (non-hydrogen) atoms. The number of rotatable bonds is 2. The molecule has 0 fully saturated rings. The van der Waals surface area contributed by atoms with Gasteiger partial charge in [0.05, 0.1) is 28.3 Å². The SMILES string of the molecule is COc1cc(-n2c(N)nc3ccc(Br)cc32)ccc1Br. The highest BCUT2D eigenvalue weighted by atomic mass is 79.9. The van der Waals surface area contributed by atoms with E-state index in [9.17, 15) is 0 Å². The second-order valence-corrected chi connectivity index (χ2v) is 6.03. The van der Waals surface area contributed by atoms with Crippen LogP contribution in [0.1, 0.15) is 0 Å². The van der Waals surface area contributed by atoms with E-state index in [1.807, 2.05) is 41.0 Å². The third-order valence-electron chi connectivity index (χ3n) is 3.04. The lowest BCUT2D eigenvalue weighted by atomic mass is 10.2. The summed E-state index contributed by atoms with van der Waals surface area (Å²) in [7, 11) is 1.63. The van der Waals surface area contributed by atoms with Gasteiger partial charge in [0.25, 0.3) is 0 Å². The molecule has 2 N–H and O–H groups in total. The van der Waals surface area contributed by atoms with E-state index in [1.54, 1.807) is 7.11 Å². The van der Waals surface area contributed by atoms with Crippen molar-refractivity contribution in [3.05, 3.63) is 45.3 Å². The smallest absolute Gasteiger partial charge is 0.205 e. The molecule has 0 aliphatic rings. The number of fused-ring (bicyclic) bond motifs is 1. The quantitative estimate of drug-likeness (QED) is 0.708. The number of nitrogens with zero attached hydrogens (tertiary/aromatic N) is 2. The molecular weight excluding hydrogens is 386 g/mol. The highest BCUT2D eigenvalue weighted by molar-refractivity contribution is 9.10. The van der Waals surface area contributed by atoms with Crippen LogP contribution in [0.5, 0.6) is 5.75 Å². The van der Waals surface area contributed by atoms with Crippen LogP contribution >= 0.6 is 31.9 Å². The Morgan fingerprint density at radius 1 is 1.15 bits per heavy atom. The van der Waals surface area contributed by atoms with Gasteiger partial charge in [-0.1, -0.05) is 15.9 Å². The first-order valence-corrected chi connectivity index (χ1v) is 7.46. The van der Waals surface area contributed by atoms with Gasteiger partial charge in [-0.15, -0.1) is 0 Å². The van der Waals surface area contributed by atoms with E-state index in [0.717, 1.165) is 31.4 Å². The Kier molecular flexibility index (Phi) is 3.43. The summed E-state index contributed by atoms with van der Waals surface area (Å²) in [5.41, 5.74) is 8.75. The Morgan fingerprint density at radius 3 is 2.70 bits per heavy atom. The lowest BCUT2D eigenvalue weighted by molar-refractivity contribution is 0.412. The van der Waals surface area contributed by atoms with Crippen molar-refractivity contribution in [3.8, 4) is 11.4 Å². The van der Waals surface area contributed by atoms with Gasteiger partial charge < -0.3 is 10.5 Å². The van der Waals surface area contributed by atoms with Crippen LogP contribution in [0.3, 0.4) is 0 Å². The number of hydrogen-bond donors (Lipinski definition) is 1. The first kappa shape index (κ1) is 13.5. The minimum absolute atomic E-state index is 0.447. The van der Waals surface area contributed by atoms with Crippen LogP contribution in [0, 0.1) is 0 Å². The fourth-order valence-corrected chi connectivity index (χ4v) is 2.88. The van der Waals surface area contributed by atoms with Crippen LogP contribution in [-0.4, -0.2) is 16.7 Å². The highest BCUT2D eigenvalue weighted by Gasteiger charge is 2.12. The number of methoxy groups -OCH3 is 1. The maximum atomic E-state index is 6.05. The normalized spacial score (nSPS) is 10.9. The average molecular weight is 397 g/mol. The molecule has 0 amide bonds. The summed E-state index contributed by atoms with van der Waals surface area (Å²) in [6.07, 6.45) is 0. The zero-order valence-corrected chi connectivity index (χ0v) is 13.8. The molecule has 102 valence electrons. The first-order chi connectivity index (χ1) is 9.60. The van der Waals surface area contributed by atoms with Crippen LogP contribution in [0.4, 0.5) is 5.95 Å². The van der Waals surface area contributed by atoms with Crippen LogP contribution in [0.2, 0.25) is 0 Å². The summed E-state index contributed by atoms with van der Waals surface area (Å²) in [4.78, 5) is 4.38. The number of nitrogen functional groups attached to an aromatic ring is 1. The van der Waals surface area contributed by atoms with E-state index in [-0.39, 0.29) is 0 Å². The highest BCUT2D eigenvalue weighted by Crippen LogP contribution is 2.31. The predicted molar refractivity (Wildman–Crippen MR) is 87.4 cm³/mol. The first-order valence-electron chi connectivity index (χ1n) is 5.87. The minimum Gasteiger partial charge on any atom is -0.495 e. The number of halogens is 2. The Balaban J connectivity index is 2.28. The minimum atomic E-state index is 0.447. The van der Waals surface area contributed by atoms with E-state index in [2.05, 4.69) is 36.8 Å². The van der Waals surface area contributed by atoms with Crippen LogP contribution in [0.15, 0.2) is 45.3 Å². The maximum absolute atomic E-state index is 6.05. The zero-order valence-electron chi connectivity index (χ0n) is 10.6. The summed E-state index contributed by atoms with van der Waals surface area (Å²) < 4.78 is 9.10. The van der Waals surface area contributed by atoms with Crippen molar-refractivity contribution in [1.82, 2.24) is 9.55 Å². The van der Waals surface area contributed by atoms with Gasteiger partial charge in [-0.05, 0) is 46.3 Å². The van der Waals surface area contributed by atoms with Gasteiger partial charge in [0, 0.05) is 10.5 Å². The lowest BCUT2D eigenvalue weighted by Crippen LogP contribution is -2.01. The Hall–Kier alpha value is -1.53. The Morgan fingerprint density at radius 2 is 1.95 bits per heavy atom. The number of nitrogens with two attached hydrogens (primary N) is 1. The van der Waals surface area contributed by atoms with E-state index in [1.165, 1.54) is 0 Å². The second-order valence-electron chi connectivity index (χ2n) is 4.26. The summed E-state index contributed by atoms with van der Waals surface area (Å²) in [5.74, 6) is 1.20. The standard InChI is InChI=1S/C14H11Br2N3O/c1-20-13-7-9(3-4-10(13)16)19-12-6-8(15)2-5-11(12)18-14(19)17/h2-7H,1H3,(H2,17,18). The third-order valence-corrected chi connectivity index (χ3v) is 4.18. The van der Waals surface area contributed by atoms with Crippen molar-refractivity contribution >= 4 is 48.8 Å². The van der Waals surface area contributed by atoms with Crippen LogP contribution in [-0.2, 0) is 0 Å². The Labute approximate surface area is 132 Å². The molecule has 4 nitrogen and oxygen atoms in total. The number of benzene rings is 2. The molecule has 0 unspecified atom stereocenters. The molecule has 0 aliphatic heterocycles. The van der Waals surface area contributed by atoms with E-state index >= 15 is 0 Å². The van der Waals surface area contributed by atoms with Crippen molar-refractivity contribution in [3.63, 3.8) is 0 Å². The van der Waals surface area contributed by atoms with Gasteiger partial charge >= 0.3 is 0 Å². The largest absolute Gasteiger partial charge is 0.495 e. The van der Waals surface area contributed by atoms with Gasteiger partial charge in [-0.3, -0.25) is 4.57 Å². The van der Waals surface area contributed by atoms with E-state index in [0.29, 0.717) is 5.95 Å².